The molecule has 1 aliphatic carbocycles. The molecule has 1 atom stereocenters. The van der Waals surface area contributed by atoms with Crippen molar-refractivity contribution in [1.82, 2.24) is 0 Å². The lowest BCUT2D eigenvalue weighted by Crippen LogP contribution is -2.27. The third-order valence-electron chi connectivity index (χ3n) is 5.38. The second-order valence-electron chi connectivity index (χ2n) is 7.63. The van der Waals surface area contributed by atoms with Crippen molar-refractivity contribution in [2.45, 2.75) is 64.8 Å². The number of allylic oxidation sites excluding steroid dienone is 1. The first-order chi connectivity index (χ1) is 14.0. The van der Waals surface area contributed by atoms with Crippen LogP contribution in [0, 0.1) is 5.92 Å². The van der Waals surface area contributed by atoms with E-state index in [1.54, 1.807) is 24.3 Å². The van der Waals surface area contributed by atoms with E-state index in [1.807, 2.05) is 13.8 Å². The van der Waals surface area contributed by atoms with E-state index < -0.39 is 12.0 Å². The Hall–Kier alpha value is -2.34. The van der Waals surface area contributed by atoms with Crippen molar-refractivity contribution in [2.75, 3.05) is 13.2 Å². The van der Waals surface area contributed by atoms with Crippen LogP contribution in [0.3, 0.4) is 0 Å². The van der Waals surface area contributed by atoms with Gasteiger partial charge in [0.1, 0.15) is 0 Å². The standard InChI is InChI=1S/C23H34N2O4/c1-3-14-28-22(26)18-12-10-17(11-13-18)21(25)20(19(24)4-2)23(27)29-15-16-8-6-5-7-9-16/h10-13,16,21H,3-9,14-15,24-25H2,1-2H3/b20-19+. The molecule has 2 rings (SSSR count). The van der Waals surface area contributed by atoms with Crippen molar-refractivity contribution >= 4 is 11.9 Å². The van der Waals surface area contributed by atoms with Crippen molar-refractivity contribution in [3.63, 3.8) is 0 Å². The molecule has 1 unspecified atom stereocenters. The average Bonchev–Trinajstić information content (AvgIpc) is 2.76. The molecule has 1 aromatic rings. The van der Waals surface area contributed by atoms with Crippen LogP contribution in [0.25, 0.3) is 0 Å². The van der Waals surface area contributed by atoms with E-state index in [2.05, 4.69) is 0 Å². The van der Waals surface area contributed by atoms with Gasteiger partial charge in [0, 0.05) is 5.70 Å². The zero-order valence-corrected chi connectivity index (χ0v) is 17.6. The van der Waals surface area contributed by atoms with Gasteiger partial charge in [-0.15, -0.1) is 0 Å². The van der Waals surface area contributed by atoms with Crippen LogP contribution < -0.4 is 11.5 Å². The summed E-state index contributed by atoms with van der Waals surface area (Å²) in [5.74, 6) is -0.405. The minimum atomic E-state index is -0.713. The van der Waals surface area contributed by atoms with Gasteiger partial charge in [0.15, 0.2) is 0 Å². The molecule has 0 saturated heterocycles. The molecule has 0 aliphatic heterocycles. The smallest absolute Gasteiger partial charge is 0.338 e. The average molecular weight is 403 g/mol. The summed E-state index contributed by atoms with van der Waals surface area (Å²) in [4.78, 5) is 24.7. The van der Waals surface area contributed by atoms with Crippen molar-refractivity contribution < 1.29 is 19.1 Å². The van der Waals surface area contributed by atoms with Gasteiger partial charge >= 0.3 is 11.9 Å². The largest absolute Gasteiger partial charge is 0.462 e. The third kappa shape index (κ3) is 6.60. The Bertz CT molecular complexity index is 706. The van der Waals surface area contributed by atoms with Crippen LogP contribution >= 0.6 is 0 Å². The molecule has 1 saturated carbocycles. The van der Waals surface area contributed by atoms with Gasteiger partial charge in [-0.3, -0.25) is 0 Å². The predicted molar refractivity (Wildman–Crippen MR) is 113 cm³/mol. The third-order valence-corrected chi connectivity index (χ3v) is 5.38. The van der Waals surface area contributed by atoms with Crippen LogP contribution in [0.1, 0.15) is 80.8 Å². The lowest BCUT2D eigenvalue weighted by molar-refractivity contribution is -0.141. The van der Waals surface area contributed by atoms with Gasteiger partial charge in [-0.2, -0.15) is 0 Å². The van der Waals surface area contributed by atoms with Crippen molar-refractivity contribution in [3.05, 3.63) is 46.7 Å². The summed E-state index contributed by atoms with van der Waals surface area (Å²) in [6.07, 6.45) is 7.09. The lowest BCUT2D eigenvalue weighted by atomic mass is 9.90. The summed E-state index contributed by atoms with van der Waals surface area (Å²) >= 11 is 0. The highest BCUT2D eigenvalue weighted by Crippen LogP contribution is 2.26. The number of hydrogen-bond acceptors (Lipinski definition) is 6. The molecule has 6 heteroatoms. The number of carbonyl (C=O) groups is 2. The molecule has 160 valence electrons. The predicted octanol–water partition coefficient (Wildman–Crippen LogP) is 4.00. The number of ether oxygens (including phenoxy) is 2. The number of nitrogens with two attached hydrogens (primary N) is 2. The summed E-state index contributed by atoms with van der Waals surface area (Å²) < 4.78 is 10.7. The number of esters is 2. The fourth-order valence-corrected chi connectivity index (χ4v) is 3.54. The quantitative estimate of drug-likeness (QED) is 0.478. The first-order valence-electron chi connectivity index (χ1n) is 10.7. The molecule has 1 aliphatic rings. The number of carbonyl (C=O) groups excluding carboxylic acids is 2. The van der Waals surface area contributed by atoms with Gasteiger partial charge < -0.3 is 20.9 Å². The summed E-state index contributed by atoms with van der Waals surface area (Å²) in [5, 5.41) is 0. The maximum atomic E-state index is 12.8. The monoisotopic (exact) mass is 402 g/mol. The number of hydrogen-bond donors (Lipinski definition) is 2. The Morgan fingerprint density at radius 1 is 1.07 bits per heavy atom. The molecule has 0 spiro atoms. The molecule has 0 heterocycles. The van der Waals surface area contributed by atoms with E-state index in [4.69, 9.17) is 20.9 Å². The molecule has 0 aromatic heterocycles. The fraction of sp³-hybridized carbons (Fsp3) is 0.565. The van der Waals surface area contributed by atoms with E-state index in [0.717, 1.165) is 19.3 Å². The first-order valence-corrected chi connectivity index (χ1v) is 10.7. The van der Waals surface area contributed by atoms with Crippen LogP contribution in [-0.2, 0) is 14.3 Å². The Morgan fingerprint density at radius 3 is 2.31 bits per heavy atom. The van der Waals surface area contributed by atoms with Crippen LogP contribution in [-0.4, -0.2) is 25.2 Å². The van der Waals surface area contributed by atoms with E-state index >= 15 is 0 Å². The lowest BCUT2D eigenvalue weighted by Gasteiger charge is -2.23. The van der Waals surface area contributed by atoms with Crippen LogP contribution in [0.2, 0.25) is 0 Å². The van der Waals surface area contributed by atoms with E-state index in [0.29, 0.717) is 47.9 Å². The Labute approximate surface area is 173 Å². The van der Waals surface area contributed by atoms with Crippen molar-refractivity contribution in [3.8, 4) is 0 Å². The van der Waals surface area contributed by atoms with Crippen molar-refractivity contribution in [1.29, 1.82) is 0 Å². The minimum Gasteiger partial charge on any atom is -0.462 e. The van der Waals surface area contributed by atoms with Gasteiger partial charge in [0.25, 0.3) is 0 Å². The summed E-state index contributed by atoms with van der Waals surface area (Å²) in [7, 11) is 0. The van der Waals surface area contributed by atoms with Gasteiger partial charge in [-0.1, -0.05) is 45.2 Å². The number of rotatable bonds is 9. The molecular formula is C23H34N2O4. The number of benzene rings is 1. The van der Waals surface area contributed by atoms with Gasteiger partial charge in [0.2, 0.25) is 0 Å². The fourth-order valence-electron chi connectivity index (χ4n) is 3.54. The van der Waals surface area contributed by atoms with Gasteiger partial charge in [0.05, 0.1) is 30.4 Å². The SMILES string of the molecule is CCCOC(=O)c1ccc(C(N)/C(C(=O)OCC2CCCCC2)=C(\N)CC)cc1. The molecule has 0 amide bonds. The molecule has 4 N–H and O–H groups in total. The summed E-state index contributed by atoms with van der Waals surface area (Å²) in [6.45, 7) is 4.61. The Balaban J connectivity index is 2.09. The highest BCUT2D eigenvalue weighted by atomic mass is 16.5. The molecular weight excluding hydrogens is 368 g/mol. The van der Waals surface area contributed by atoms with E-state index in [-0.39, 0.29) is 5.97 Å². The highest BCUT2D eigenvalue weighted by molar-refractivity contribution is 5.91. The second-order valence-corrected chi connectivity index (χ2v) is 7.63. The molecule has 0 radical (unpaired) electrons. The zero-order valence-electron chi connectivity index (χ0n) is 17.6. The van der Waals surface area contributed by atoms with E-state index in [9.17, 15) is 9.59 Å². The normalized spacial score (nSPS) is 16.7. The van der Waals surface area contributed by atoms with Crippen LogP contribution in [0.4, 0.5) is 0 Å². The highest BCUT2D eigenvalue weighted by Gasteiger charge is 2.25. The Kier molecular flexibility index (Phi) is 9.19. The van der Waals surface area contributed by atoms with E-state index in [1.165, 1.54) is 19.3 Å². The van der Waals surface area contributed by atoms with Gasteiger partial charge in [-0.25, -0.2) is 9.59 Å². The zero-order chi connectivity index (χ0) is 21.2. The molecule has 1 aromatic carbocycles. The maximum Gasteiger partial charge on any atom is 0.338 e. The molecule has 1 fully saturated rings. The first kappa shape index (κ1) is 22.9. The summed E-state index contributed by atoms with van der Waals surface area (Å²) in [6, 6.07) is 6.05. The summed E-state index contributed by atoms with van der Waals surface area (Å²) in [5.41, 5.74) is 14.4. The molecule has 6 nitrogen and oxygen atoms in total. The minimum absolute atomic E-state index is 0.296. The van der Waals surface area contributed by atoms with Crippen LogP contribution in [0.5, 0.6) is 0 Å². The van der Waals surface area contributed by atoms with Gasteiger partial charge in [-0.05, 0) is 49.3 Å². The topological polar surface area (TPSA) is 105 Å². The van der Waals surface area contributed by atoms with Crippen LogP contribution in [0.15, 0.2) is 35.5 Å². The molecule has 0 bridgehead atoms. The maximum absolute atomic E-state index is 12.8. The second kappa shape index (κ2) is 11.6. The Morgan fingerprint density at radius 2 is 1.72 bits per heavy atom. The molecule has 29 heavy (non-hydrogen) atoms. The van der Waals surface area contributed by atoms with Crippen molar-refractivity contribution in [2.24, 2.45) is 17.4 Å².